The number of hydrogen-bond acceptors (Lipinski definition) is 5. The largest absolute Gasteiger partial charge is 0.314 e. The number of carbonyl (C=O) groups excluding carboxylic acids is 1. The summed E-state index contributed by atoms with van der Waals surface area (Å²) in [6.45, 7) is 5.94. The van der Waals surface area contributed by atoms with Crippen LogP contribution in [0.25, 0.3) is 0 Å². The Balaban J connectivity index is 1.54. The Labute approximate surface area is 130 Å². The van der Waals surface area contributed by atoms with Gasteiger partial charge in [0.05, 0.1) is 5.69 Å². The molecule has 0 saturated carbocycles. The van der Waals surface area contributed by atoms with Crippen LogP contribution in [-0.4, -0.2) is 41.5 Å². The highest BCUT2D eigenvalue weighted by atomic mass is 32.1. The smallest absolute Gasteiger partial charge is 0.223 e. The van der Waals surface area contributed by atoms with E-state index < -0.39 is 0 Å². The zero-order valence-electron chi connectivity index (χ0n) is 12.6. The average Bonchev–Trinajstić information content (AvgIpc) is 3.10. The fourth-order valence-corrected chi connectivity index (χ4v) is 4.24. The molecule has 2 N–H and O–H groups in total. The van der Waals surface area contributed by atoms with Crippen molar-refractivity contribution in [3.63, 3.8) is 0 Å². The number of piperidine rings is 1. The maximum Gasteiger partial charge on any atom is 0.223 e. The second kappa shape index (κ2) is 6.85. The van der Waals surface area contributed by atoms with Gasteiger partial charge in [-0.15, -0.1) is 11.3 Å². The van der Waals surface area contributed by atoms with Gasteiger partial charge in [-0.2, -0.15) is 0 Å². The molecule has 3 rings (SSSR count). The second-order valence-electron chi connectivity index (χ2n) is 6.17. The number of hydrogen-bond donors (Lipinski definition) is 2. The van der Waals surface area contributed by atoms with Crippen molar-refractivity contribution >= 4 is 22.4 Å². The number of carbonyl (C=O) groups is 1. The highest BCUT2D eigenvalue weighted by molar-refractivity contribution is 7.13. The molecule has 2 fully saturated rings. The predicted molar refractivity (Wildman–Crippen MR) is 85.4 cm³/mol. The van der Waals surface area contributed by atoms with E-state index in [2.05, 4.69) is 25.9 Å². The van der Waals surface area contributed by atoms with E-state index in [1.54, 1.807) is 0 Å². The van der Waals surface area contributed by atoms with Crippen LogP contribution in [0.5, 0.6) is 0 Å². The Morgan fingerprint density at radius 3 is 3.19 bits per heavy atom. The van der Waals surface area contributed by atoms with Crippen LogP contribution >= 0.6 is 11.3 Å². The summed E-state index contributed by atoms with van der Waals surface area (Å²) in [6, 6.07) is 0.721. The van der Waals surface area contributed by atoms with Gasteiger partial charge in [0.1, 0.15) is 0 Å². The summed E-state index contributed by atoms with van der Waals surface area (Å²) in [5.41, 5.74) is 1.07. The van der Waals surface area contributed by atoms with Gasteiger partial charge in [0, 0.05) is 31.4 Å². The Morgan fingerprint density at radius 1 is 1.52 bits per heavy atom. The summed E-state index contributed by atoms with van der Waals surface area (Å²) in [6.07, 6.45) is 5.29. The number of aromatic nitrogens is 1. The third-order valence-corrected chi connectivity index (χ3v) is 5.24. The van der Waals surface area contributed by atoms with E-state index in [0.29, 0.717) is 5.13 Å². The minimum absolute atomic E-state index is 0.0544. The van der Waals surface area contributed by atoms with E-state index in [-0.39, 0.29) is 5.91 Å². The molecule has 116 valence electrons. The highest BCUT2D eigenvalue weighted by Crippen LogP contribution is 2.26. The zero-order valence-corrected chi connectivity index (χ0v) is 13.4. The summed E-state index contributed by atoms with van der Waals surface area (Å²) in [5, 5.41) is 9.17. The normalized spacial score (nSPS) is 26.9. The Bertz CT molecular complexity index is 484. The van der Waals surface area contributed by atoms with E-state index in [4.69, 9.17) is 0 Å². The third-order valence-electron chi connectivity index (χ3n) is 4.43. The van der Waals surface area contributed by atoms with Crippen LogP contribution in [0.15, 0.2) is 5.38 Å². The molecule has 1 aromatic rings. The molecule has 3 heterocycles. The van der Waals surface area contributed by atoms with Gasteiger partial charge in [-0.25, -0.2) is 4.98 Å². The number of likely N-dealkylation sites (tertiary alicyclic amines) is 1. The van der Waals surface area contributed by atoms with Crippen LogP contribution in [0.3, 0.4) is 0 Å². The standard InChI is InChI=1S/C15H24N4OS/c1-11(20)17-15-18-13(10-21-15)9-19-7-3-4-12(8-19)14-5-2-6-16-14/h10,12,14,16H,2-9H2,1H3,(H,17,18,20). The average molecular weight is 308 g/mol. The van der Waals surface area contributed by atoms with Gasteiger partial charge in [0.2, 0.25) is 5.91 Å². The molecular formula is C15H24N4OS. The molecule has 2 atom stereocenters. The summed E-state index contributed by atoms with van der Waals surface area (Å²) < 4.78 is 0. The fourth-order valence-electron chi connectivity index (χ4n) is 3.49. The van der Waals surface area contributed by atoms with Gasteiger partial charge >= 0.3 is 0 Å². The first kappa shape index (κ1) is 14.9. The number of nitrogens with one attached hydrogen (secondary N) is 2. The molecule has 6 heteroatoms. The SMILES string of the molecule is CC(=O)Nc1nc(CN2CCCC(C3CCCN3)C2)cs1. The lowest BCUT2D eigenvalue weighted by atomic mass is 9.90. The molecule has 1 amide bonds. The van der Waals surface area contributed by atoms with Crippen LogP contribution in [-0.2, 0) is 11.3 Å². The third kappa shape index (κ3) is 4.02. The summed E-state index contributed by atoms with van der Waals surface area (Å²) in [4.78, 5) is 18.1. The van der Waals surface area contributed by atoms with Crippen LogP contribution in [0.2, 0.25) is 0 Å². The molecule has 2 saturated heterocycles. The monoisotopic (exact) mass is 308 g/mol. The molecule has 2 unspecified atom stereocenters. The number of amides is 1. The highest BCUT2D eigenvalue weighted by Gasteiger charge is 2.29. The maximum atomic E-state index is 11.0. The van der Waals surface area contributed by atoms with Crippen molar-refractivity contribution in [2.45, 2.75) is 45.2 Å². The minimum atomic E-state index is -0.0544. The molecule has 0 aliphatic carbocycles. The summed E-state index contributed by atoms with van der Waals surface area (Å²) in [7, 11) is 0. The maximum absolute atomic E-state index is 11.0. The van der Waals surface area contributed by atoms with Gasteiger partial charge in [0.25, 0.3) is 0 Å². The first-order chi connectivity index (χ1) is 10.2. The number of anilines is 1. The molecule has 2 aliphatic rings. The molecule has 0 aromatic carbocycles. The number of thiazole rings is 1. The molecule has 2 aliphatic heterocycles. The lowest BCUT2D eigenvalue weighted by Gasteiger charge is -2.35. The van der Waals surface area contributed by atoms with E-state index >= 15 is 0 Å². The molecule has 0 spiro atoms. The first-order valence-corrected chi connectivity index (χ1v) is 8.76. The molecule has 1 aromatic heterocycles. The van der Waals surface area contributed by atoms with E-state index in [0.717, 1.165) is 30.7 Å². The van der Waals surface area contributed by atoms with Gasteiger partial charge in [0.15, 0.2) is 5.13 Å². The van der Waals surface area contributed by atoms with Crippen molar-refractivity contribution in [3.05, 3.63) is 11.1 Å². The number of rotatable bonds is 4. The topological polar surface area (TPSA) is 57.3 Å². The van der Waals surface area contributed by atoms with Crippen LogP contribution in [0.4, 0.5) is 5.13 Å². The van der Waals surface area contributed by atoms with Gasteiger partial charge in [-0.1, -0.05) is 0 Å². The van der Waals surface area contributed by atoms with E-state index in [9.17, 15) is 4.79 Å². The first-order valence-electron chi connectivity index (χ1n) is 7.88. The van der Waals surface area contributed by atoms with Gasteiger partial charge in [-0.3, -0.25) is 9.69 Å². The molecular weight excluding hydrogens is 284 g/mol. The summed E-state index contributed by atoms with van der Waals surface area (Å²) in [5.74, 6) is 0.732. The molecule has 0 radical (unpaired) electrons. The van der Waals surface area contributed by atoms with Crippen molar-refractivity contribution in [1.82, 2.24) is 15.2 Å². The van der Waals surface area contributed by atoms with Gasteiger partial charge in [-0.05, 0) is 44.7 Å². The second-order valence-corrected chi connectivity index (χ2v) is 7.02. The Hall–Kier alpha value is -0.980. The van der Waals surface area contributed by atoms with Crippen molar-refractivity contribution in [1.29, 1.82) is 0 Å². The number of nitrogens with zero attached hydrogens (tertiary/aromatic N) is 2. The van der Waals surface area contributed by atoms with Crippen molar-refractivity contribution < 1.29 is 4.79 Å². The molecule has 5 nitrogen and oxygen atoms in total. The quantitative estimate of drug-likeness (QED) is 0.894. The van der Waals surface area contributed by atoms with Gasteiger partial charge < -0.3 is 10.6 Å². The van der Waals surface area contributed by atoms with E-state index in [1.807, 2.05) is 0 Å². The molecule has 0 bridgehead atoms. The zero-order chi connectivity index (χ0) is 14.7. The van der Waals surface area contributed by atoms with Crippen molar-refractivity contribution in [2.75, 3.05) is 25.0 Å². The summed E-state index contributed by atoms with van der Waals surface area (Å²) >= 11 is 1.51. The minimum Gasteiger partial charge on any atom is -0.314 e. The molecule has 21 heavy (non-hydrogen) atoms. The van der Waals surface area contributed by atoms with Crippen LogP contribution in [0.1, 0.15) is 38.3 Å². The lowest BCUT2D eigenvalue weighted by Crippen LogP contribution is -2.43. The van der Waals surface area contributed by atoms with Crippen LogP contribution < -0.4 is 10.6 Å². The van der Waals surface area contributed by atoms with Crippen molar-refractivity contribution in [2.24, 2.45) is 5.92 Å². The van der Waals surface area contributed by atoms with Crippen LogP contribution in [0, 0.1) is 5.92 Å². The fraction of sp³-hybridized carbons (Fsp3) is 0.733. The lowest BCUT2D eigenvalue weighted by molar-refractivity contribution is -0.114. The van der Waals surface area contributed by atoms with E-state index in [1.165, 1.54) is 57.0 Å². The van der Waals surface area contributed by atoms with Crippen molar-refractivity contribution in [3.8, 4) is 0 Å². The Kier molecular flexibility index (Phi) is 4.87. The Morgan fingerprint density at radius 2 is 2.43 bits per heavy atom. The predicted octanol–water partition coefficient (Wildman–Crippen LogP) is 2.07.